The number of hydrogen-bond acceptors (Lipinski definition) is 6. The standard InChI is InChI=1S/C19H19N3O4S/c1-19(2,3)12-4-9-15-16(10-12)27-18(20-15)21-17(23)11-26-14-7-5-13(6-8-14)22(24)25/h4-10H,11H2,1-3H3,(H,20,21,23). The van der Waals surface area contributed by atoms with Crippen LogP contribution in [0, 0.1) is 10.1 Å². The Morgan fingerprint density at radius 3 is 2.56 bits per heavy atom. The highest BCUT2D eigenvalue weighted by Gasteiger charge is 2.16. The number of nitro benzene ring substituents is 1. The van der Waals surface area contributed by atoms with Gasteiger partial charge in [0, 0.05) is 12.1 Å². The molecule has 27 heavy (non-hydrogen) atoms. The van der Waals surface area contributed by atoms with E-state index < -0.39 is 4.92 Å². The summed E-state index contributed by atoms with van der Waals surface area (Å²) < 4.78 is 6.36. The van der Waals surface area contributed by atoms with Crippen molar-refractivity contribution in [1.29, 1.82) is 0 Å². The monoisotopic (exact) mass is 385 g/mol. The number of nitrogens with one attached hydrogen (secondary N) is 1. The zero-order chi connectivity index (χ0) is 19.6. The van der Waals surface area contributed by atoms with Gasteiger partial charge in [-0.15, -0.1) is 0 Å². The van der Waals surface area contributed by atoms with E-state index in [2.05, 4.69) is 37.1 Å². The number of carbonyl (C=O) groups excluding carboxylic acids is 1. The van der Waals surface area contributed by atoms with Gasteiger partial charge in [0.25, 0.3) is 11.6 Å². The number of nitro groups is 1. The fraction of sp³-hybridized carbons (Fsp3) is 0.263. The first-order valence-corrected chi connectivity index (χ1v) is 9.12. The highest BCUT2D eigenvalue weighted by Crippen LogP contribution is 2.31. The van der Waals surface area contributed by atoms with Gasteiger partial charge in [0.2, 0.25) is 0 Å². The highest BCUT2D eigenvalue weighted by atomic mass is 32.1. The molecular weight excluding hydrogens is 366 g/mol. The van der Waals surface area contributed by atoms with Crippen molar-refractivity contribution in [3.63, 3.8) is 0 Å². The average Bonchev–Trinajstić information content (AvgIpc) is 3.00. The SMILES string of the molecule is CC(C)(C)c1ccc2nc(NC(=O)COc3ccc([N+](=O)[O-])cc3)sc2c1. The molecule has 0 aliphatic heterocycles. The molecule has 0 bridgehead atoms. The Morgan fingerprint density at radius 2 is 1.93 bits per heavy atom. The van der Waals surface area contributed by atoms with Crippen molar-refractivity contribution in [2.75, 3.05) is 11.9 Å². The molecule has 0 saturated carbocycles. The van der Waals surface area contributed by atoms with Crippen LogP contribution in [0.1, 0.15) is 26.3 Å². The molecule has 8 heteroatoms. The topological polar surface area (TPSA) is 94.4 Å². The molecule has 3 aromatic rings. The molecule has 2 aromatic carbocycles. The lowest BCUT2D eigenvalue weighted by atomic mass is 9.87. The van der Waals surface area contributed by atoms with Gasteiger partial charge < -0.3 is 4.74 Å². The number of nitrogens with zero attached hydrogens (tertiary/aromatic N) is 2. The summed E-state index contributed by atoms with van der Waals surface area (Å²) in [6.45, 7) is 6.23. The minimum absolute atomic E-state index is 0.0316. The second kappa shape index (κ2) is 7.32. The van der Waals surface area contributed by atoms with Crippen molar-refractivity contribution in [1.82, 2.24) is 4.98 Å². The summed E-state index contributed by atoms with van der Waals surface area (Å²) >= 11 is 1.41. The molecular formula is C19H19N3O4S. The maximum Gasteiger partial charge on any atom is 0.269 e. The second-order valence-corrected chi connectivity index (χ2v) is 8.07. The third kappa shape index (κ3) is 4.59. The van der Waals surface area contributed by atoms with Crippen molar-refractivity contribution >= 4 is 38.3 Å². The van der Waals surface area contributed by atoms with Crippen LogP contribution in [0.4, 0.5) is 10.8 Å². The molecule has 1 heterocycles. The van der Waals surface area contributed by atoms with E-state index in [0.29, 0.717) is 10.9 Å². The van der Waals surface area contributed by atoms with Crippen molar-refractivity contribution in [2.24, 2.45) is 0 Å². The lowest BCUT2D eigenvalue weighted by molar-refractivity contribution is -0.384. The van der Waals surface area contributed by atoms with Crippen molar-refractivity contribution in [3.05, 3.63) is 58.1 Å². The van der Waals surface area contributed by atoms with Gasteiger partial charge in [0.15, 0.2) is 11.7 Å². The molecule has 0 aliphatic carbocycles. The predicted molar refractivity (Wildman–Crippen MR) is 106 cm³/mol. The van der Waals surface area contributed by atoms with E-state index in [4.69, 9.17) is 4.74 Å². The smallest absolute Gasteiger partial charge is 0.269 e. The highest BCUT2D eigenvalue weighted by molar-refractivity contribution is 7.22. The first kappa shape index (κ1) is 18.8. The van der Waals surface area contributed by atoms with Crippen LogP contribution in [-0.4, -0.2) is 22.4 Å². The third-order valence-corrected chi connectivity index (χ3v) is 4.85. The average molecular weight is 385 g/mol. The summed E-state index contributed by atoms with van der Waals surface area (Å²) in [5.41, 5.74) is 2.05. The fourth-order valence-corrected chi connectivity index (χ4v) is 3.33. The number of anilines is 1. The quantitative estimate of drug-likeness (QED) is 0.515. The number of amides is 1. The van der Waals surface area contributed by atoms with E-state index >= 15 is 0 Å². The normalized spacial score (nSPS) is 11.4. The van der Waals surface area contributed by atoms with E-state index in [0.717, 1.165) is 10.2 Å². The predicted octanol–water partition coefficient (Wildman–Crippen LogP) is 4.52. The Hall–Kier alpha value is -3.00. The lowest BCUT2D eigenvalue weighted by Crippen LogP contribution is -2.19. The Morgan fingerprint density at radius 1 is 1.22 bits per heavy atom. The molecule has 0 saturated heterocycles. The van der Waals surface area contributed by atoms with E-state index in [1.165, 1.54) is 41.2 Å². The van der Waals surface area contributed by atoms with Crippen LogP contribution in [-0.2, 0) is 10.2 Å². The number of aromatic nitrogens is 1. The van der Waals surface area contributed by atoms with Crippen LogP contribution in [0.15, 0.2) is 42.5 Å². The van der Waals surface area contributed by atoms with Crippen LogP contribution in [0.5, 0.6) is 5.75 Å². The Balaban J connectivity index is 1.62. The first-order valence-electron chi connectivity index (χ1n) is 8.30. The minimum atomic E-state index is -0.491. The number of benzene rings is 2. The number of ether oxygens (including phenoxy) is 1. The molecule has 1 N–H and O–H groups in total. The van der Waals surface area contributed by atoms with Crippen LogP contribution in [0.25, 0.3) is 10.2 Å². The first-order chi connectivity index (χ1) is 12.7. The number of rotatable bonds is 5. The van der Waals surface area contributed by atoms with E-state index in [9.17, 15) is 14.9 Å². The van der Waals surface area contributed by atoms with E-state index in [1.54, 1.807) is 0 Å². The summed E-state index contributed by atoms with van der Waals surface area (Å²) in [6, 6.07) is 11.7. The van der Waals surface area contributed by atoms with E-state index in [1.807, 2.05) is 12.1 Å². The maximum absolute atomic E-state index is 12.1. The summed E-state index contributed by atoms with van der Waals surface area (Å²) in [5, 5.41) is 13.9. The molecule has 7 nitrogen and oxygen atoms in total. The van der Waals surface area contributed by atoms with Crippen LogP contribution in [0.3, 0.4) is 0 Å². The van der Waals surface area contributed by atoms with Crippen LogP contribution < -0.4 is 10.1 Å². The van der Waals surface area contributed by atoms with E-state index in [-0.39, 0.29) is 23.6 Å². The van der Waals surface area contributed by atoms with Gasteiger partial charge in [-0.2, -0.15) is 0 Å². The van der Waals surface area contributed by atoms with Gasteiger partial charge in [-0.25, -0.2) is 4.98 Å². The lowest BCUT2D eigenvalue weighted by Gasteiger charge is -2.18. The third-order valence-electron chi connectivity index (χ3n) is 3.92. The zero-order valence-electron chi connectivity index (χ0n) is 15.2. The minimum Gasteiger partial charge on any atom is -0.484 e. The second-order valence-electron chi connectivity index (χ2n) is 7.04. The van der Waals surface area contributed by atoms with Crippen molar-refractivity contribution in [3.8, 4) is 5.75 Å². The van der Waals surface area contributed by atoms with Gasteiger partial charge in [-0.1, -0.05) is 38.2 Å². The number of carbonyl (C=O) groups is 1. The Labute approximate surface area is 160 Å². The summed E-state index contributed by atoms with van der Waals surface area (Å²) in [6.07, 6.45) is 0. The van der Waals surface area contributed by atoms with Crippen molar-refractivity contribution < 1.29 is 14.5 Å². The van der Waals surface area contributed by atoms with Gasteiger partial charge in [0.05, 0.1) is 15.1 Å². The molecule has 0 spiro atoms. The van der Waals surface area contributed by atoms with Gasteiger partial charge in [-0.3, -0.25) is 20.2 Å². The fourth-order valence-electron chi connectivity index (χ4n) is 2.41. The van der Waals surface area contributed by atoms with Gasteiger partial charge >= 0.3 is 0 Å². The van der Waals surface area contributed by atoms with Gasteiger partial charge in [0.1, 0.15) is 5.75 Å². The number of hydrogen-bond donors (Lipinski definition) is 1. The molecule has 0 unspecified atom stereocenters. The maximum atomic E-state index is 12.1. The van der Waals surface area contributed by atoms with Gasteiger partial charge in [-0.05, 0) is 35.2 Å². The summed E-state index contributed by atoms with van der Waals surface area (Å²) in [4.78, 5) is 26.6. The number of thiazole rings is 1. The molecule has 0 radical (unpaired) electrons. The largest absolute Gasteiger partial charge is 0.484 e. The number of non-ortho nitro benzene ring substituents is 1. The van der Waals surface area contributed by atoms with Crippen LogP contribution in [0.2, 0.25) is 0 Å². The number of fused-ring (bicyclic) bond motifs is 1. The Kier molecular flexibility index (Phi) is 5.09. The summed E-state index contributed by atoms with van der Waals surface area (Å²) in [5.74, 6) is 0.0401. The molecule has 3 rings (SSSR count). The molecule has 0 fully saturated rings. The molecule has 0 atom stereocenters. The zero-order valence-corrected chi connectivity index (χ0v) is 16.0. The molecule has 1 aromatic heterocycles. The summed E-state index contributed by atoms with van der Waals surface area (Å²) in [7, 11) is 0. The molecule has 1 amide bonds. The molecule has 0 aliphatic rings. The molecule has 140 valence electrons. The Bertz CT molecular complexity index is 990. The van der Waals surface area contributed by atoms with Crippen LogP contribution >= 0.6 is 11.3 Å². The van der Waals surface area contributed by atoms with Crippen molar-refractivity contribution in [2.45, 2.75) is 26.2 Å².